The molecular weight excluding hydrogens is 518 g/mol. The molecule has 1 aromatic heterocycles. The van der Waals surface area contributed by atoms with Gasteiger partial charge in [-0.25, -0.2) is 23.4 Å². The first kappa shape index (κ1) is 30.7. The van der Waals surface area contributed by atoms with E-state index in [1.165, 1.54) is 0 Å². The number of imidazole rings is 1. The number of nitrogens with zero attached hydrogens (tertiary/aromatic N) is 2. The van der Waals surface area contributed by atoms with Gasteiger partial charge < -0.3 is 25.0 Å². The number of carboxylic acid groups (broad SMARTS) is 1. The fourth-order valence-corrected chi connectivity index (χ4v) is 4.25. The highest BCUT2D eigenvalue weighted by atomic mass is 19.1. The molecule has 3 rings (SSSR count). The number of aliphatic carboxylic acids is 1. The van der Waals surface area contributed by atoms with Crippen LogP contribution >= 0.6 is 0 Å². The van der Waals surface area contributed by atoms with Crippen molar-refractivity contribution in [3.8, 4) is 11.3 Å². The van der Waals surface area contributed by atoms with E-state index in [0.29, 0.717) is 12.4 Å². The zero-order valence-corrected chi connectivity index (χ0v) is 23.8. The molecule has 2 unspecified atom stereocenters. The number of nitrogens with one attached hydrogen (secondary N) is 2. The van der Waals surface area contributed by atoms with Crippen molar-refractivity contribution in [1.29, 1.82) is 0 Å². The maximum absolute atomic E-state index is 14.7. The summed E-state index contributed by atoms with van der Waals surface area (Å²) in [4.78, 5) is 28.8. The Kier molecular flexibility index (Phi) is 9.68. The van der Waals surface area contributed by atoms with Gasteiger partial charge in [0.15, 0.2) is 0 Å². The maximum Gasteiger partial charge on any atom is 0.408 e. The zero-order chi connectivity index (χ0) is 29.7. The fourth-order valence-electron chi connectivity index (χ4n) is 4.25. The molecule has 0 aliphatic rings. The SMILES string of the molecule is CC(C)(C)OC(=O)NC(CCNC(c1nc(-c2cc(F)ccc2F)cn1Cc1ccccc1)C(C)(C)C)C(=O)O. The van der Waals surface area contributed by atoms with E-state index >= 15 is 0 Å². The number of aromatic nitrogens is 2. The summed E-state index contributed by atoms with van der Waals surface area (Å²) in [6, 6.07) is 11.3. The number of carbonyl (C=O) groups excluding carboxylic acids is 1. The topological polar surface area (TPSA) is 105 Å². The zero-order valence-electron chi connectivity index (χ0n) is 23.8. The molecule has 0 bridgehead atoms. The number of rotatable bonds is 10. The van der Waals surface area contributed by atoms with Crippen LogP contribution in [0, 0.1) is 17.0 Å². The highest BCUT2D eigenvalue weighted by Gasteiger charge is 2.32. The van der Waals surface area contributed by atoms with E-state index in [-0.39, 0.29) is 24.2 Å². The highest BCUT2D eigenvalue weighted by molar-refractivity contribution is 5.80. The molecule has 0 saturated heterocycles. The van der Waals surface area contributed by atoms with Gasteiger partial charge in [0.25, 0.3) is 0 Å². The molecule has 1 heterocycles. The van der Waals surface area contributed by atoms with Crippen LogP contribution in [0.2, 0.25) is 0 Å². The first-order valence-corrected chi connectivity index (χ1v) is 13.2. The van der Waals surface area contributed by atoms with Crippen LogP contribution in [0.3, 0.4) is 0 Å². The molecule has 216 valence electrons. The Bertz CT molecular complexity index is 1310. The maximum atomic E-state index is 14.7. The molecule has 0 fully saturated rings. The summed E-state index contributed by atoms with van der Waals surface area (Å²) in [7, 11) is 0. The molecule has 10 heteroatoms. The van der Waals surface area contributed by atoms with E-state index in [2.05, 4.69) is 10.6 Å². The Hall–Kier alpha value is -3.79. The lowest BCUT2D eigenvalue weighted by molar-refractivity contribution is -0.139. The van der Waals surface area contributed by atoms with Crippen molar-refractivity contribution in [3.05, 3.63) is 77.8 Å². The fraction of sp³-hybridized carbons (Fsp3) is 0.433. The summed E-state index contributed by atoms with van der Waals surface area (Å²) in [6.45, 7) is 11.7. The summed E-state index contributed by atoms with van der Waals surface area (Å²) < 4.78 is 35.8. The summed E-state index contributed by atoms with van der Waals surface area (Å²) in [5, 5.41) is 15.5. The predicted octanol–water partition coefficient (Wildman–Crippen LogP) is 5.92. The standard InChI is InChI=1S/C30H38F2N4O4/c1-29(2,3)25(33-15-14-23(27(37)38)35-28(39)40-30(4,5)6)26-34-24(21-16-20(31)12-13-22(21)32)18-36(26)17-19-10-8-7-9-11-19/h7-13,16,18,23,25,33H,14-15,17H2,1-6H3,(H,35,39)(H,37,38). The third kappa shape index (κ3) is 8.61. The second-order valence-corrected chi connectivity index (χ2v) is 11.8. The van der Waals surface area contributed by atoms with Crippen LogP contribution in [0.15, 0.2) is 54.7 Å². The number of benzene rings is 2. The molecule has 8 nitrogen and oxygen atoms in total. The number of carbonyl (C=O) groups is 2. The number of halogens is 2. The molecule has 0 spiro atoms. The number of alkyl carbamates (subject to hydrolysis) is 1. The lowest BCUT2D eigenvalue weighted by atomic mass is 9.86. The van der Waals surface area contributed by atoms with Crippen LogP contribution < -0.4 is 10.6 Å². The van der Waals surface area contributed by atoms with Crippen molar-refractivity contribution >= 4 is 12.1 Å². The van der Waals surface area contributed by atoms with Gasteiger partial charge in [-0.3, -0.25) is 0 Å². The number of hydrogen-bond donors (Lipinski definition) is 3. The van der Waals surface area contributed by atoms with Crippen LogP contribution in [0.5, 0.6) is 0 Å². The lowest BCUT2D eigenvalue weighted by Crippen LogP contribution is -2.45. The second-order valence-electron chi connectivity index (χ2n) is 11.8. The van der Waals surface area contributed by atoms with Gasteiger partial charge in [0.05, 0.1) is 11.7 Å². The van der Waals surface area contributed by atoms with Gasteiger partial charge in [0.2, 0.25) is 0 Å². The van der Waals surface area contributed by atoms with Crippen molar-refractivity contribution in [1.82, 2.24) is 20.2 Å². The van der Waals surface area contributed by atoms with Crippen LogP contribution in [0.1, 0.15) is 65.4 Å². The van der Waals surface area contributed by atoms with Crippen molar-refractivity contribution in [2.45, 2.75) is 72.2 Å². The monoisotopic (exact) mass is 556 g/mol. The van der Waals surface area contributed by atoms with Gasteiger partial charge >= 0.3 is 12.1 Å². The summed E-state index contributed by atoms with van der Waals surface area (Å²) in [5.41, 5.74) is 0.154. The summed E-state index contributed by atoms with van der Waals surface area (Å²) in [5.74, 6) is -1.76. The summed E-state index contributed by atoms with van der Waals surface area (Å²) in [6.07, 6.45) is 0.962. The van der Waals surface area contributed by atoms with Crippen LogP contribution in [0.25, 0.3) is 11.3 Å². The van der Waals surface area contributed by atoms with Crippen LogP contribution in [0.4, 0.5) is 13.6 Å². The first-order chi connectivity index (χ1) is 18.6. The van der Waals surface area contributed by atoms with E-state index < -0.39 is 46.8 Å². The molecule has 3 aromatic rings. The van der Waals surface area contributed by atoms with Crippen molar-refractivity contribution in [2.75, 3.05) is 6.54 Å². The molecule has 3 N–H and O–H groups in total. The minimum atomic E-state index is -1.19. The van der Waals surface area contributed by atoms with Gasteiger partial charge in [0.1, 0.15) is 29.1 Å². The minimum absolute atomic E-state index is 0.0493. The Morgan fingerprint density at radius 2 is 1.73 bits per heavy atom. The Labute approximate surface area is 233 Å². The van der Waals surface area contributed by atoms with E-state index in [4.69, 9.17) is 9.72 Å². The normalized spacial score (nSPS) is 13.5. The third-order valence-corrected chi connectivity index (χ3v) is 6.10. The average molecular weight is 557 g/mol. The molecule has 40 heavy (non-hydrogen) atoms. The van der Waals surface area contributed by atoms with Crippen molar-refractivity contribution < 1.29 is 28.2 Å². The second kappa shape index (κ2) is 12.6. The first-order valence-electron chi connectivity index (χ1n) is 13.2. The molecule has 0 radical (unpaired) electrons. The van der Waals surface area contributed by atoms with Gasteiger partial charge in [0, 0.05) is 18.3 Å². The van der Waals surface area contributed by atoms with Gasteiger partial charge in [-0.15, -0.1) is 0 Å². The molecule has 0 saturated carbocycles. The van der Waals surface area contributed by atoms with Crippen molar-refractivity contribution in [3.63, 3.8) is 0 Å². The van der Waals surface area contributed by atoms with Crippen LogP contribution in [-0.2, 0) is 16.1 Å². The number of ether oxygens (including phenoxy) is 1. The van der Waals surface area contributed by atoms with Gasteiger partial charge in [-0.1, -0.05) is 51.1 Å². The molecular formula is C30H38F2N4O4. The van der Waals surface area contributed by atoms with Crippen molar-refractivity contribution in [2.24, 2.45) is 5.41 Å². The largest absolute Gasteiger partial charge is 0.480 e. The van der Waals surface area contributed by atoms with E-state index in [1.54, 1.807) is 27.0 Å². The number of carboxylic acids is 1. The Morgan fingerprint density at radius 1 is 1.05 bits per heavy atom. The Balaban J connectivity index is 1.91. The Morgan fingerprint density at radius 3 is 2.33 bits per heavy atom. The van der Waals surface area contributed by atoms with Gasteiger partial charge in [-0.05, 0) is 62.9 Å². The highest BCUT2D eigenvalue weighted by Crippen LogP contribution is 2.35. The number of amides is 1. The lowest BCUT2D eigenvalue weighted by Gasteiger charge is -2.32. The minimum Gasteiger partial charge on any atom is -0.480 e. The summed E-state index contributed by atoms with van der Waals surface area (Å²) >= 11 is 0. The number of hydrogen-bond acceptors (Lipinski definition) is 5. The predicted molar refractivity (Wildman–Crippen MR) is 149 cm³/mol. The third-order valence-electron chi connectivity index (χ3n) is 6.10. The van der Waals surface area contributed by atoms with Crippen LogP contribution in [-0.4, -0.2) is 44.9 Å². The average Bonchev–Trinajstić information content (AvgIpc) is 3.23. The van der Waals surface area contributed by atoms with E-state index in [1.807, 2.05) is 55.7 Å². The molecule has 2 aromatic carbocycles. The van der Waals surface area contributed by atoms with Gasteiger partial charge in [-0.2, -0.15) is 0 Å². The van der Waals surface area contributed by atoms with E-state index in [0.717, 1.165) is 23.8 Å². The molecule has 1 amide bonds. The van der Waals surface area contributed by atoms with E-state index in [9.17, 15) is 23.5 Å². The smallest absolute Gasteiger partial charge is 0.408 e. The molecule has 0 aliphatic carbocycles. The quantitative estimate of drug-likeness (QED) is 0.286. The molecule has 0 aliphatic heterocycles. The molecule has 2 atom stereocenters.